The van der Waals surface area contributed by atoms with Gasteiger partial charge in [-0.25, -0.2) is 9.97 Å². The zero-order chi connectivity index (χ0) is 22.5. The number of piperidine rings is 1. The Balaban J connectivity index is 1.40. The molecule has 0 radical (unpaired) electrons. The number of nitrogens with zero attached hydrogens (tertiary/aromatic N) is 3. The molecule has 1 amide bonds. The summed E-state index contributed by atoms with van der Waals surface area (Å²) >= 11 is 6.07. The van der Waals surface area contributed by atoms with Crippen LogP contribution in [0.5, 0.6) is 17.4 Å². The van der Waals surface area contributed by atoms with Crippen LogP contribution in [0.3, 0.4) is 0 Å². The molecule has 1 saturated heterocycles. The van der Waals surface area contributed by atoms with Gasteiger partial charge in [0.05, 0.1) is 12.8 Å². The molecule has 2 heterocycles. The number of hydrogen-bond donors (Lipinski definition) is 1. The molecule has 32 heavy (non-hydrogen) atoms. The average Bonchev–Trinajstić information content (AvgIpc) is 2.81. The van der Waals surface area contributed by atoms with Gasteiger partial charge in [0.15, 0.2) is 5.82 Å². The Morgan fingerprint density at radius 2 is 1.81 bits per heavy atom. The lowest BCUT2D eigenvalue weighted by atomic mass is 9.95. The molecular formula is C24H25ClN4O3. The van der Waals surface area contributed by atoms with Gasteiger partial charge < -0.3 is 19.7 Å². The van der Waals surface area contributed by atoms with Crippen LogP contribution in [-0.2, 0) is 4.79 Å². The van der Waals surface area contributed by atoms with E-state index in [4.69, 9.17) is 21.1 Å². The molecule has 8 heteroatoms. The number of halogens is 1. The van der Waals surface area contributed by atoms with E-state index in [2.05, 4.69) is 20.2 Å². The predicted molar refractivity (Wildman–Crippen MR) is 125 cm³/mol. The van der Waals surface area contributed by atoms with Crippen LogP contribution in [0, 0.1) is 12.8 Å². The molecule has 1 aliphatic rings. The maximum atomic E-state index is 12.8. The number of carbonyl (C=O) groups is 1. The van der Waals surface area contributed by atoms with Crippen LogP contribution in [0.4, 0.5) is 11.5 Å². The van der Waals surface area contributed by atoms with E-state index < -0.39 is 0 Å². The lowest BCUT2D eigenvalue weighted by molar-refractivity contribution is -0.120. The van der Waals surface area contributed by atoms with Crippen LogP contribution >= 0.6 is 11.6 Å². The Kier molecular flexibility index (Phi) is 6.75. The maximum Gasteiger partial charge on any atom is 0.263 e. The van der Waals surface area contributed by atoms with Crippen molar-refractivity contribution < 1.29 is 14.3 Å². The third kappa shape index (κ3) is 5.11. The molecule has 1 aliphatic heterocycles. The van der Waals surface area contributed by atoms with Crippen LogP contribution in [0.1, 0.15) is 18.4 Å². The van der Waals surface area contributed by atoms with Gasteiger partial charge in [-0.3, -0.25) is 4.79 Å². The highest BCUT2D eigenvalue weighted by Gasteiger charge is 2.28. The number of aryl methyl sites for hydroxylation is 1. The highest BCUT2D eigenvalue weighted by Crippen LogP contribution is 2.32. The quantitative estimate of drug-likeness (QED) is 0.561. The summed E-state index contributed by atoms with van der Waals surface area (Å²) in [7, 11) is 1.56. The van der Waals surface area contributed by atoms with Crippen molar-refractivity contribution in [3.8, 4) is 17.4 Å². The second-order valence-electron chi connectivity index (χ2n) is 7.70. The second-order valence-corrected chi connectivity index (χ2v) is 8.13. The van der Waals surface area contributed by atoms with E-state index in [-0.39, 0.29) is 11.8 Å². The summed E-state index contributed by atoms with van der Waals surface area (Å²) in [6.07, 6.45) is 4.65. The van der Waals surface area contributed by atoms with Gasteiger partial charge in [0, 0.05) is 36.4 Å². The Bertz CT molecular complexity index is 1080. The first-order valence-electron chi connectivity index (χ1n) is 10.5. The van der Waals surface area contributed by atoms with Gasteiger partial charge in [0.25, 0.3) is 5.88 Å². The molecule has 4 rings (SSSR count). The van der Waals surface area contributed by atoms with Crippen molar-refractivity contribution in [2.75, 3.05) is 30.4 Å². The van der Waals surface area contributed by atoms with Gasteiger partial charge in [-0.15, -0.1) is 0 Å². The topological polar surface area (TPSA) is 76.6 Å². The summed E-state index contributed by atoms with van der Waals surface area (Å²) in [5, 5.41) is 3.50. The van der Waals surface area contributed by atoms with Crippen molar-refractivity contribution >= 4 is 29.0 Å². The van der Waals surface area contributed by atoms with E-state index >= 15 is 0 Å². The molecule has 0 unspecified atom stereocenters. The van der Waals surface area contributed by atoms with Crippen molar-refractivity contribution in [2.45, 2.75) is 19.8 Å². The third-order valence-corrected chi connectivity index (χ3v) is 5.70. The number of benzene rings is 2. The minimum atomic E-state index is -0.118. The number of aromatic nitrogens is 2. The standard InChI is InChI=1S/C24H25ClN4O3/c1-16-3-6-19(7-4-16)32-24-22(26-11-12-27-24)29-13-9-17(10-14-29)23(30)28-20-15-18(25)5-8-21(20)31-2/h3-8,11-12,15,17H,9-10,13-14H2,1-2H3,(H,28,30). The number of nitrogens with one attached hydrogen (secondary N) is 1. The first-order valence-corrected chi connectivity index (χ1v) is 10.9. The van der Waals surface area contributed by atoms with Crippen molar-refractivity contribution in [1.82, 2.24) is 9.97 Å². The fraction of sp³-hybridized carbons (Fsp3) is 0.292. The van der Waals surface area contributed by atoms with Crippen molar-refractivity contribution in [2.24, 2.45) is 5.92 Å². The van der Waals surface area contributed by atoms with E-state index in [9.17, 15) is 4.79 Å². The lowest BCUT2D eigenvalue weighted by Gasteiger charge is -2.32. The summed E-state index contributed by atoms with van der Waals surface area (Å²) in [6.45, 7) is 3.38. The number of methoxy groups -OCH3 is 1. The third-order valence-electron chi connectivity index (χ3n) is 5.47. The van der Waals surface area contributed by atoms with E-state index in [1.54, 1.807) is 37.7 Å². The van der Waals surface area contributed by atoms with Gasteiger partial charge in [-0.2, -0.15) is 0 Å². The summed E-state index contributed by atoms with van der Waals surface area (Å²) in [6, 6.07) is 13.0. The van der Waals surface area contributed by atoms with Crippen LogP contribution in [0.25, 0.3) is 0 Å². The molecule has 0 saturated carbocycles. The first kappa shape index (κ1) is 21.9. The van der Waals surface area contributed by atoms with Crippen LogP contribution < -0.4 is 19.7 Å². The SMILES string of the molecule is COc1ccc(Cl)cc1NC(=O)C1CCN(c2nccnc2Oc2ccc(C)cc2)CC1. The molecule has 0 atom stereocenters. The second kappa shape index (κ2) is 9.87. The zero-order valence-corrected chi connectivity index (χ0v) is 18.8. The average molecular weight is 453 g/mol. The van der Waals surface area contributed by atoms with Crippen LogP contribution in [0.15, 0.2) is 54.9 Å². The maximum absolute atomic E-state index is 12.8. The van der Waals surface area contributed by atoms with Crippen molar-refractivity contribution in [1.29, 1.82) is 0 Å². The molecule has 0 spiro atoms. The fourth-order valence-corrected chi connectivity index (χ4v) is 3.86. The monoisotopic (exact) mass is 452 g/mol. The molecule has 0 bridgehead atoms. The normalized spacial score (nSPS) is 14.2. The van der Waals surface area contributed by atoms with Crippen molar-refractivity contribution in [3.63, 3.8) is 0 Å². The Hall–Kier alpha value is -3.32. The molecule has 7 nitrogen and oxygen atoms in total. The van der Waals surface area contributed by atoms with Gasteiger partial charge in [0.1, 0.15) is 11.5 Å². The van der Waals surface area contributed by atoms with Gasteiger partial charge in [0.2, 0.25) is 5.91 Å². The lowest BCUT2D eigenvalue weighted by Crippen LogP contribution is -2.38. The Morgan fingerprint density at radius 1 is 1.09 bits per heavy atom. The van der Waals surface area contributed by atoms with Crippen LogP contribution in [0.2, 0.25) is 5.02 Å². The Morgan fingerprint density at radius 3 is 2.53 bits per heavy atom. The Labute approximate surface area is 192 Å². The highest BCUT2D eigenvalue weighted by atomic mass is 35.5. The summed E-state index contributed by atoms with van der Waals surface area (Å²) < 4.78 is 11.3. The minimum Gasteiger partial charge on any atom is -0.495 e. The summed E-state index contributed by atoms with van der Waals surface area (Å²) in [4.78, 5) is 23.8. The number of hydrogen-bond acceptors (Lipinski definition) is 6. The predicted octanol–water partition coefficient (Wildman–Crippen LogP) is 5.09. The van der Waals surface area contributed by atoms with Gasteiger partial charge in [-0.05, 0) is 50.1 Å². The van der Waals surface area contributed by atoms with E-state index in [1.165, 1.54) is 0 Å². The minimum absolute atomic E-state index is 0.0412. The zero-order valence-electron chi connectivity index (χ0n) is 18.0. The van der Waals surface area contributed by atoms with Gasteiger partial charge in [-0.1, -0.05) is 29.3 Å². The number of carbonyl (C=O) groups excluding carboxylic acids is 1. The smallest absolute Gasteiger partial charge is 0.263 e. The summed E-state index contributed by atoms with van der Waals surface area (Å²) in [5.74, 6) is 2.28. The van der Waals surface area contributed by atoms with Gasteiger partial charge >= 0.3 is 0 Å². The molecule has 1 N–H and O–H groups in total. The first-order chi connectivity index (χ1) is 15.5. The van der Waals surface area contributed by atoms with Crippen LogP contribution in [-0.4, -0.2) is 36.1 Å². The molecule has 3 aromatic rings. The number of ether oxygens (including phenoxy) is 2. The van der Waals surface area contributed by atoms with E-state index in [0.717, 1.165) is 5.56 Å². The molecule has 0 aliphatic carbocycles. The fourth-order valence-electron chi connectivity index (χ4n) is 3.69. The number of rotatable bonds is 6. The molecule has 166 valence electrons. The highest BCUT2D eigenvalue weighted by molar-refractivity contribution is 6.31. The molecule has 2 aromatic carbocycles. The molecule has 1 aromatic heterocycles. The largest absolute Gasteiger partial charge is 0.495 e. The van der Waals surface area contributed by atoms with Crippen molar-refractivity contribution in [3.05, 3.63) is 65.4 Å². The number of anilines is 2. The molecular weight excluding hydrogens is 428 g/mol. The van der Waals surface area contributed by atoms with E-state index in [0.29, 0.717) is 59.8 Å². The number of amides is 1. The molecule has 1 fully saturated rings. The van der Waals surface area contributed by atoms with E-state index in [1.807, 2.05) is 31.2 Å². The summed E-state index contributed by atoms with van der Waals surface area (Å²) in [5.41, 5.74) is 1.74.